The molecule has 4 rings (SSSR count). The molecule has 1 amide bonds. The second-order valence-electron chi connectivity index (χ2n) is 15.9. The second kappa shape index (κ2) is 13.1. The van der Waals surface area contributed by atoms with Gasteiger partial charge in [0.1, 0.15) is 12.6 Å². The molecule has 8 atom stereocenters. The summed E-state index contributed by atoms with van der Waals surface area (Å²) in [5, 5.41) is 12.2. The predicted molar refractivity (Wildman–Crippen MR) is 165 cm³/mol. The van der Waals surface area contributed by atoms with Crippen LogP contribution >= 0.6 is 0 Å². The summed E-state index contributed by atoms with van der Waals surface area (Å²) in [7, 11) is 4.23. The zero-order valence-corrected chi connectivity index (χ0v) is 27.1. The number of alkyl carbamates (subject to hydrolysis) is 1. The minimum absolute atomic E-state index is 0.00823. The van der Waals surface area contributed by atoms with Crippen LogP contribution in [0.5, 0.6) is 0 Å². The van der Waals surface area contributed by atoms with Crippen molar-refractivity contribution >= 4 is 6.09 Å². The molecule has 4 aliphatic rings. The number of aliphatic hydroxyl groups is 1. The zero-order valence-electron chi connectivity index (χ0n) is 27.1. The van der Waals surface area contributed by atoms with Crippen molar-refractivity contribution < 1.29 is 19.1 Å². The number of likely N-dealkylation sites (N-methyl/N-ethyl adjacent to an activating group) is 1. The van der Waals surface area contributed by atoms with Crippen LogP contribution in [0.3, 0.4) is 0 Å². The number of fused-ring (bicyclic) bond motifs is 5. The van der Waals surface area contributed by atoms with Gasteiger partial charge in [0.25, 0.3) is 0 Å². The molecule has 3 fully saturated rings. The van der Waals surface area contributed by atoms with Crippen LogP contribution in [-0.4, -0.2) is 62.1 Å². The summed E-state index contributed by atoms with van der Waals surface area (Å²) >= 11 is 0. The van der Waals surface area contributed by atoms with E-state index < -0.39 is 0 Å². The molecular weight excluding hydrogens is 496 g/mol. The van der Waals surface area contributed by atoms with E-state index in [-0.39, 0.29) is 24.2 Å². The van der Waals surface area contributed by atoms with Crippen molar-refractivity contribution in [2.75, 3.05) is 40.3 Å². The highest BCUT2D eigenvalue weighted by Crippen LogP contribution is 2.67. The van der Waals surface area contributed by atoms with Crippen molar-refractivity contribution in [2.24, 2.45) is 46.3 Å². The molecule has 8 unspecified atom stereocenters. The molecule has 230 valence electrons. The lowest BCUT2D eigenvalue weighted by molar-refractivity contribution is -0.890. The van der Waals surface area contributed by atoms with Crippen LogP contribution in [0, 0.1) is 46.3 Å². The van der Waals surface area contributed by atoms with E-state index in [4.69, 9.17) is 4.74 Å². The average molecular weight is 560 g/mol. The van der Waals surface area contributed by atoms with Gasteiger partial charge in [-0.25, -0.2) is 4.79 Å². The zero-order chi connectivity index (χ0) is 29.1. The quantitative estimate of drug-likeness (QED) is 0.147. The normalized spacial score (nSPS) is 36.3. The molecule has 5 heteroatoms. The highest BCUT2D eigenvalue weighted by atomic mass is 16.6. The first kappa shape index (κ1) is 31.9. The Morgan fingerprint density at radius 3 is 2.55 bits per heavy atom. The number of nitrogens with one attached hydrogen (secondary N) is 1. The topological polar surface area (TPSA) is 58.6 Å². The van der Waals surface area contributed by atoms with Crippen LogP contribution < -0.4 is 5.32 Å². The molecule has 0 bridgehead atoms. The van der Waals surface area contributed by atoms with Gasteiger partial charge in [-0.15, -0.1) is 0 Å². The van der Waals surface area contributed by atoms with Crippen LogP contribution in [-0.2, 0) is 4.74 Å². The molecule has 5 nitrogen and oxygen atoms in total. The first-order valence-electron chi connectivity index (χ1n) is 17.0. The molecule has 3 saturated carbocycles. The molecule has 40 heavy (non-hydrogen) atoms. The molecule has 0 spiro atoms. The maximum Gasteiger partial charge on any atom is 0.407 e. The van der Waals surface area contributed by atoms with Gasteiger partial charge in [-0.1, -0.05) is 65.5 Å². The van der Waals surface area contributed by atoms with Gasteiger partial charge >= 0.3 is 6.09 Å². The van der Waals surface area contributed by atoms with Crippen LogP contribution in [0.25, 0.3) is 0 Å². The van der Waals surface area contributed by atoms with E-state index in [0.29, 0.717) is 12.0 Å². The van der Waals surface area contributed by atoms with Gasteiger partial charge in [0, 0.05) is 19.4 Å². The first-order valence-corrected chi connectivity index (χ1v) is 17.0. The molecule has 0 aromatic heterocycles. The van der Waals surface area contributed by atoms with E-state index in [1.54, 1.807) is 5.57 Å². The average Bonchev–Trinajstić information content (AvgIpc) is 3.24. The SMILES string of the molecule is CC(C)CCCC(C)C1CCC2C3CC=C4CC(OC(=O)NCCC[N+](C)(C)CCO)CCC4(C)C3CCC12C. The van der Waals surface area contributed by atoms with E-state index in [0.717, 1.165) is 78.8 Å². The predicted octanol–water partition coefficient (Wildman–Crippen LogP) is 7.58. The molecule has 0 aromatic rings. The lowest BCUT2D eigenvalue weighted by Gasteiger charge is -2.58. The second-order valence-corrected chi connectivity index (χ2v) is 15.9. The van der Waals surface area contributed by atoms with Crippen LogP contribution in [0.2, 0.25) is 0 Å². The van der Waals surface area contributed by atoms with Crippen LogP contribution in [0.15, 0.2) is 11.6 Å². The van der Waals surface area contributed by atoms with E-state index in [2.05, 4.69) is 60.1 Å². The summed E-state index contributed by atoms with van der Waals surface area (Å²) in [4.78, 5) is 12.6. The van der Waals surface area contributed by atoms with Crippen molar-refractivity contribution in [1.82, 2.24) is 5.32 Å². The molecule has 0 saturated heterocycles. The van der Waals surface area contributed by atoms with Crippen molar-refractivity contribution in [1.29, 1.82) is 0 Å². The fourth-order valence-corrected chi connectivity index (χ4v) is 10.0. The number of hydrogen-bond acceptors (Lipinski definition) is 3. The number of amides is 1. The van der Waals surface area contributed by atoms with Gasteiger partial charge in [0.05, 0.1) is 27.2 Å². The van der Waals surface area contributed by atoms with Crippen molar-refractivity contribution in [3.8, 4) is 0 Å². The number of allylic oxidation sites excluding steroid dienone is 1. The fourth-order valence-electron chi connectivity index (χ4n) is 10.0. The standard InChI is InChI=1S/C35H62N2O3/c1-25(2)10-8-11-26(3)30-14-15-31-29-13-12-27-24-28(16-18-34(27,4)32(29)17-19-35(30,31)5)40-33(39)36-20-9-21-37(6,7)22-23-38/h12,25-26,28-32,38H,8-11,13-24H2,1-7H3/p+1. The Hall–Kier alpha value is -1.07. The molecule has 0 aromatic carbocycles. The Balaban J connectivity index is 1.30. The molecular formula is C35H63N2O3+. The first-order chi connectivity index (χ1) is 18.9. The summed E-state index contributed by atoms with van der Waals surface area (Å²) in [6.45, 7) is 15.0. The van der Waals surface area contributed by atoms with E-state index in [1.807, 2.05) is 0 Å². The third-order valence-corrected chi connectivity index (χ3v) is 12.4. The molecule has 0 radical (unpaired) electrons. The van der Waals surface area contributed by atoms with Crippen LogP contribution in [0.1, 0.15) is 112 Å². The lowest BCUT2D eigenvalue weighted by atomic mass is 9.47. The minimum Gasteiger partial charge on any atom is -0.446 e. The smallest absolute Gasteiger partial charge is 0.407 e. The number of nitrogens with zero attached hydrogens (tertiary/aromatic N) is 1. The van der Waals surface area contributed by atoms with E-state index in [1.165, 1.54) is 51.4 Å². The number of carbonyl (C=O) groups is 1. The van der Waals surface area contributed by atoms with Gasteiger partial charge in [0.15, 0.2) is 0 Å². The summed E-state index contributed by atoms with van der Waals surface area (Å²) < 4.78 is 6.70. The Labute approximate surface area is 246 Å². The minimum atomic E-state index is -0.261. The Morgan fingerprint density at radius 2 is 1.82 bits per heavy atom. The summed E-state index contributed by atoms with van der Waals surface area (Å²) in [5.41, 5.74) is 2.41. The van der Waals surface area contributed by atoms with Gasteiger partial charge in [-0.05, 0) is 91.3 Å². The number of carbonyl (C=O) groups excluding carboxylic acids is 1. The Bertz CT molecular complexity index is 884. The highest BCUT2D eigenvalue weighted by Gasteiger charge is 2.59. The summed E-state index contributed by atoms with van der Waals surface area (Å²) in [5.74, 6) is 5.13. The van der Waals surface area contributed by atoms with Crippen LogP contribution in [0.4, 0.5) is 4.79 Å². The summed E-state index contributed by atoms with van der Waals surface area (Å²) in [6, 6.07) is 0. The number of aliphatic hydroxyl groups excluding tert-OH is 1. The number of rotatable bonds is 12. The Morgan fingerprint density at radius 1 is 1.05 bits per heavy atom. The van der Waals surface area contributed by atoms with Gasteiger partial charge in [0.2, 0.25) is 0 Å². The third-order valence-electron chi connectivity index (χ3n) is 12.4. The van der Waals surface area contributed by atoms with Crippen molar-refractivity contribution in [3.63, 3.8) is 0 Å². The van der Waals surface area contributed by atoms with Gasteiger partial charge in [-0.3, -0.25) is 0 Å². The molecule has 4 aliphatic carbocycles. The molecule has 0 aliphatic heterocycles. The van der Waals surface area contributed by atoms with Crippen molar-refractivity contribution in [2.45, 2.75) is 118 Å². The fraction of sp³-hybridized carbons (Fsp3) is 0.914. The Kier molecular flexibility index (Phi) is 10.4. The maximum atomic E-state index is 12.6. The largest absolute Gasteiger partial charge is 0.446 e. The lowest BCUT2D eigenvalue weighted by Crippen LogP contribution is -2.51. The maximum absolute atomic E-state index is 12.6. The summed E-state index contributed by atoms with van der Waals surface area (Å²) in [6.07, 6.45) is 17.4. The number of hydrogen-bond donors (Lipinski definition) is 2. The molecule has 2 N–H and O–H groups in total. The number of quaternary nitrogens is 1. The third kappa shape index (κ3) is 6.93. The van der Waals surface area contributed by atoms with Gasteiger partial charge in [-0.2, -0.15) is 0 Å². The number of ether oxygens (including phenoxy) is 1. The van der Waals surface area contributed by atoms with Crippen molar-refractivity contribution in [3.05, 3.63) is 11.6 Å². The monoisotopic (exact) mass is 559 g/mol. The van der Waals surface area contributed by atoms with E-state index in [9.17, 15) is 9.90 Å². The van der Waals surface area contributed by atoms with Gasteiger partial charge < -0.3 is 19.6 Å². The molecule has 0 heterocycles. The highest BCUT2D eigenvalue weighted by molar-refractivity contribution is 5.67. The van der Waals surface area contributed by atoms with E-state index >= 15 is 0 Å².